The summed E-state index contributed by atoms with van der Waals surface area (Å²) in [5, 5.41) is 13.1. The minimum Gasteiger partial charge on any atom is -0.312 e. The van der Waals surface area contributed by atoms with Gasteiger partial charge in [0.1, 0.15) is 11.1 Å². The largest absolute Gasteiger partial charge is 0.312 e. The van der Waals surface area contributed by atoms with Crippen LogP contribution in [0.4, 0.5) is 5.00 Å². The van der Waals surface area contributed by atoms with Gasteiger partial charge in [-0.2, -0.15) is 9.57 Å². The zero-order chi connectivity index (χ0) is 22.9. The maximum atomic E-state index is 13.0. The van der Waals surface area contributed by atoms with Gasteiger partial charge < -0.3 is 5.32 Å². The Labute approximate surface area is 193 Å². The van der Waals surface area contributed by atoms with E-state index >= 15 is 0 Å². The van der Waals surface area contributed by atoms with Crippen molar-refractivity contribution in [1.82, 2.24) is 9.21 Å². The molecule has 2 aromatic rings. The molecule has 9 heteroatoms. The molecule has 2 aliphatic rings. The highest BCUT2D eigenvalue weighted by Crippen LogP contribution is 2.37. The smallest absolute Gasteiger partial charge is 0.256 e. The molecule has 0 spiro atoms. The predicted molar refractivity (Wildman–Crippen MR) is 125 cm³/mol. The summed E-state index contributed by atoms with van der Waals surface area (Å²) in [5.41, 5.74) is 1.95. The van der Waals surface area contributed by atoms with E-state index in [1.165, 1.54) is 35.6 Å². The molecule has 3 heterocycles. The number of amides is 1. The second-order valence-electron chi connectivity index (χ2n) is 8.38. The highest BCUT2D eigenvalue weighted by Gasteiger charge is 2.31. The molecule has 7 nitrogen and oxygen atoms in total. The number of nitrogens with zero attached hydrogens (tertiary/aromatic N) is 3. The lowest BCUT2D eigenvalue weighted by Gasteiger charge is -2.32. The molecule has 0 bridgehead atoms. The number of thiophene rings is 1. The number of likely N-dealkylation sites (N-methyl/N-ethyl adjacent to an activating group) is 1. The second-order valence-corrected chi connectivity index (χ2v) is 11.4. The molecule has 1 saturated heterocycles. The molecule has 1 N–H and O–H groups in total. The normalized spacial score (nSPS) is 19.8. The van der Waals surface area contributed by atoms with E-state index in [0.717, 1.165) is 55.8 Å². The fourth-order valence-electron chi connectivity index (χ4n) is 4.45. The fourth-order valence-corrected chi connectivity index (χ4v) is 7.39. The van der Waals surface area contributed by atoms with Crippen LogP contribution in [0.5, 0.6) is 0 Å². The van der Waals surface area contributed by atoms with Gasteiger partial charge in [-0.05, 0) is 62.6 Å². The number of carbonyl (C=O) groups excluding carboxylic acids is 1. The molecule has 2 aliphatic heterocycles. The average molecular weight is 473 g/mol. The van der Waals surface area contributed by atoms with Crippen LogP contribution >= 0.6 is 11.3 Å². The third-order valence-electron chi connectivity index (χ3n) is 6.39. The topological polar surface area (TPSA) is 93.5 Å². The van der Waals surface area contributed by atoms with E-state index < -0.39 is 10.0 Å². The number of hydrogen-bond donors (Lipinski definition) is 1. The predicted octanol–water partition coefficient (Wildman–Crippen LogP) is 3.81. The monoisotopic (exact) mass is 472 g/mol. The van der Waals surface area contributed by atoms with Gasteiger partial charge in [-0.15, -0.1) is 11.3 Å². The number of piperidine rings is 1. The molecule has 0 radical (unpaired) electrons. The first kappa shape index (κ1) is 22.9. The van der Waals surface area contributed by atoms with E-state index in [1.54, 1.807) is 4.31 Å². The molecule has 32 heavy (non-hydrogen) atoms. The number of hydrogen-bond acceptors (Lipinski definition) is 6. The van der Waals surface area contributed by atoms with Crippen LogP contribution in [-0.2, 0) is 23.0 Å². The number of benzene rings is 1. The van der Waals surface area contributed by atoms with Crippen LogP contribution in [0.2, 0.25) is 0 Å². The van der Waals surface area contributed by atoms with Crippen LogP contribution in [0.15, 0.2) is 29.2 Å². The van der Waals surface area contributed by atoms with Crippen molar-refractivity contribution in [1.29, 1.82) is 5.26 Å². The molecule has 0 aliphatic carbocycles. The molecule has 1 aromatic heterocycles. The van der Waals surface area contributed by atoms with Crippen LogP contribution in [0.3, 0.4) is 0 Å². The summed E-state index contributed by atoms with van der Waals surface area (Å²) in [6, 6.07) is 8.30. The average Bonchev–Trinajstić information content (AvgIpc) is 3.15. The first-order valence-corrected chi connectivity index (χ1v) is 13.3. The molecule has 1 atom stereocenters. The van der Waals surface area contributed by atoms with Gasteiger partial charge >= 0.3 is 0 Å². The Morgan fingerprint density at radius 3 is 2.66 bits per heavy atom. The van der Waals surface area contributed by atoms with Crippen molar-refractivity contribution < 1.29 is 13.2 Å². The zero-order valence-corrected chi connectivity index (χ0v) is 20.1. The zero-order valence-electron chi connectivity index (χ0n) is 18.4. The van der Waals surface area contributed by atoms with E-state index in [4.69, 9.17) is 0 Å². The lowest BCUT2D eigenvalue weighted by atomic mass is 10.0. The third-order valence-corrected chi connectivity index (χ3v) is 9.55. The number of rotatable bonds is 5. The number of sulfonamides is 1. The maximum absolute atomic E-state index is 13.0. The van der Waals surface area contributed by atoms with Gasteiger partial charge in [0.15, 0.2) is 0 Å². The van der Waals surface area contributed by atoms with Crippen LogP contribution in [0, 0.1) is 11.3 Å². The maximum Gasteiger partial charge on any atom is 0.256 e. The Morgan fingerprint density at radius 2 is 2.00 bits per heavy atom. The number of carbonyl (C=O) groups is 1. The van der Waals surface area contributed by atoms with E-state index in [-0.39, 0.29) is 16.8 Å². The summed E-state index contributed by atoms with van der Waals surface area (Å²) in [4.78, 5) is 16.5. The van der Waals surface area contributed by atoms with Crippen molar-refractivity contribution in [2.45, 2.75) is 57.0 Å². The summed E-state index contributed by atoms with van der Waals surface area (Å²) >= 11 is 1.46. The number of fused-ring (bicyclic) bond motifs is 1. The van der Waals surface area contributed by atoms with Gasteiger partial charge in [0.25, 0.3) is 5.91 Å². The van der Waals surface area contributed by atoms with Gasteiger partial charge in [0, 0.05) is 36.1 Å². The molecule has 0 saturated carbocycles. The Bertz CT molecular complexity index is 1150. The third kappa shape index (κ3) is 4.33. The van der Waals surface area contributed by atoms with Crippen molar-refractivity contribution in [3.05, 3.63) is 45.8 Å². The Kier molecular flexibility index (Phi) is 6.67. The van der Waals surface area contributed by atoms with E-state index in [0.29, 0.717) is 22.7 Å². The minimum atomic E-state index is -3.58. The SMILES string of the molecule is CCN1CCc2c(sc(NC(=O)c3ccc(S(=O)(=O)N4CCCCC4C)cc3)c2C#N)C1. The van der Waals surface area contributed by atoms with Crippen LogP contribution in [0.25, 0.3) is 0 Å². The van der Waals surface area contributed by atoms with Gasteiger partial charge in [-0.25, -0.2) is 8.42 Å². The molecule has 1 amide bonds. The van der Waals surface area contributed by atoms with Gasteiger partial charge in [-0.3, -0.25) is 9.69 Å². The number of anilines is 1. The molecular formula is C23H28N4O3S2. The van der Waals surface area contributed by atoms with Gasteiger partial charge in [0.2, 0.25) is 10.0 Å². The van der Waals surface area contributed by atoms with Crippen LogP contribution in [-0.4, -0.2) is 49.2 Å². The first-order valence-electron chi connectivity index (χ1n) is 11.1. The Hall–Kier alpha value is -2.25. The molecule has 170 valence electrons. The lowest BCUT2D eigenvalue weighted by molar-refractivity contribution is 0.102. The van der Waals surface area contributed by atoms with Crippen molar-refractivity contribution in [3.63, 3.8) is 0 Å². The van der Waals surface area contributed by atoms with E-state index in [1.807, 2.05) is 6.92 Å². The molecule has 1 unspecified atom stereocenters. The minimum absolute atomic E-state index is 0.0189. The summed E-state index contributed by atoms with van der Waals surface area (Å²) in [6.07, 6.45) is 3.58. The highest BCUT2D eigenvalue weighted by molar-refractivity contribution is 7.89. The summed E-state index contributed by atoms with van der Waals surface area (Å²) in [5.74, 6) is -0.345. The summed E-state index contributed by atoms with van der Waals surface area (Å²) < 4.78 is 27.6. The standard InChI is InChI=1S/C23H28N4O3S2/c1-3-26-13-11-19-20(14-24)23(31-21(19)15-26)25-22(28)17-7-9-18(10-8-17)32(29,30)27-12-5-4-6-16(27)2/h7-10,16H,3-6,11-13,15H2,1-2H3,(H,25,28). The number of nitrogens with one attached hydrogen (secondary N) is 1. The molecule has 4 rings (SSSR count). The Balaban J connectivity index is 1.52. The second kappa shape index (κ2) is 9.32. The molecule has 1 aromatic carbocycles. The summed E-state index contributed by atoms with van der Waals surface area (Å²) in [6.45, 7) is 7.23. The Morgan fingerprint density at radius 1 is 1.25 bits per heavy atom. The van der Waals surface area contributed by atoms with Gasteiger partial charge in [0.05, 0.1) is 10.5 Å². The molecule has 1 fully saturated rings. The number of nitriles is 1. The van der Waals surface area contributed by atoms with E-state index in [9.17, 15) is 18.5 Å². The van der Waals surface area contributed by atoms with Gasteiger partial charge in [-0.1, -0.05) is 13.3 Å². The highest BCUT2D eigenvalue weighted by atomic mass is 32.2. The van der Waals surface area contributed by atoms with E-state index in [2.05, 4.69) is 23.2 Å². The van der Waals surface area contributed by atoms with Crippen LogP contribution < -0.4 is 5.32 Å². The van der Waals surface area contributed by atoms with Crippen molar-refractivity contribution in [2.75, 3.05) is 25.0 Å². The quantitative estimate of drug-likeness (QED) is 0.714. The van der Waals surface area contributed by atoms with Crippen LogP contribution in [0.1, 0.15) is 59.5 Å². The first-order chi connectivity index (χ1) is 15.3. The molecular weight excluding hydrogens is 444 g/mol. The lowest BCUT2D eigenvalue weighted by Crippen LogP contribution is -2.41. The summed E-state index contributed by atoms with van der Waals surface area (Å²) in [7, 11) is -3.58. The fraction of sp³-hybridized carbons (Fsp3) is 0.478. The van der Waals surface area contributed by atoms with Crippen molar-refractivity contribution in [3.8, 4) is 6.07 Å². The van der Waals surface area contributed by atoms with Crippen molar-refractivity contribution in [2.24, 2.45) is 0 Å². The van der Waals surface area contributed by atoms with Crippen molar-refractivity contribution >= 4 is 32.3 Å².